The van der Waals surface area contributed by atoms with Crippen LogP contribution in [0.5, 0.6) is 0 Å². The maximum Gasteiger partial charge on any atom is 0.311 e. The predicted molar refractivity (Wildman–Crippen MR) is 134 cm³/mol. The number of hydrogen-bond acceptors (Lipinski definition) is 5. The van der Waals surface area contributed by atoms with Crippen molar-refractivity contribution in [1.82, 2.24) is 0 Å². The lowest BCUT2D eigenvalue weighted by molar-refractivity contribution is -0.147. The van der Waals surface area contributed by atoms with Gasteiger partial charge < -0.3 is 18.4 Å². The van der Waals surface area contributed by atoms with Gasteiger partial charge in [-0.05, 0) is 48.8 Å². The van der Waals surface area contributed by atoms with E-state index in [0.29, 0.717) is 0 Å². The molecule has 0 unspecified atom stereocenters. The molecule has 0 bridgehead atoms. The van der Waals surface area contributed by atoms with Gasteiger partial charge in [0.15, 0.2) is 16.6 Å². The van der Waals surface area contributed by atoms with E-state index in [9.17, 15) is 9.59 Å². The zero-order valence-electron chi connectivity index (χ0n) is 21.5. The summed E-state index contributed by atoms with van der Waals surface area (Å²) < 4.78 is 18.1. The molecule has 0 aliphatic carbocycles. The number of ether oxygens (including phenoxy) is 1. The molecule has 0 aliphatic rings. The van der Waals surface area contributed by atoms with E-state index in [4.69, 9.17) is 13.6 Å². The Bertz CT molecular complexity index is 610. The first-order valence-electron chi connectivity index (χ1n) is 11.5. The largest absolute Gasteiger partial charge is 0.469 e. The molecular formula is C24H46O5Si2. The molecule has 0 saturated heterocycles. The monoisotopic (exact) mass is 470 g/mol. The van der Waals surface area contributed by atoms with Crippen LogP contribution < -0.4 is 0 Å². The fourth-order valence-electron chi connectivity index (χ4n) is 3.14. The number of carbonyl (C=O) groups is 2. The predicted octanol–water partition coefficient (Wildman–Crippen LogP) is 6.28. The van der Waals surface area contributed by atoms with Crippen molar-refractivity contribution in [1.29, 1.82) is 0 Å². The lowest BCUT2D eigenvalue weighted by Crippen LogP contribution is -2.44. The number of hydrogen-bond donors (Lipinski definition) is 0. The second kappa shape index (κ2) is 12.9. The van der Waals surface area contributed by atoms with Gasteiger partial charge in [0.05, 0.1) is 25.2 Å². The highest BCUT2D eigenvalue weighted by Crippen LogP contribution is 2.38. The third kappa shape index (κ3) is 8.79. The topological polar surface area (TPSA) is 61.8 Å². The van der Waals surface area contributed by atoms with Crippen LogP contribution in [-0.4, -0.2) is 48.2 Å². The summed E-state index contributed by atoms with van der Waals surface area (Å²) in [5.74, 6) is -0.732. The number of esters is 1. The van der Waals surface area contributed by atoms with Gasteiger partial charge in [0.25, 0.3) is 0 Å². The number of methoxy groups -OCH3 is 1. The molecule has 0 aromatic rings. The van der Waals surface area contributed by atoms with Crippen LogP contribution in [0.2, 0.25) is 36.3 Å². The molecule has 0 aromatic carbocycles. The van der Waals surface area contributed by atoms with Gasteiger partial charge in [-0.15, -0.1) is 0 Å². The Morgan fingerprint density at radius 2 is 1.58 bits per heavy atom. The molecule has 0 radical (unpaired) electrons. The molecule has 0 aliphatic heterocycles. The van der Waals surface area contributed by atoms with Crippen LogP contribution in [0, 0.1) is 5.92 Å². The summed E-state index contributed by atoms with van der Waals surface area (Å²) in [6.45, 7) is 23.3. The Balaban J connectivity index is 5.81. The highest BCUT2D eigenvalue weighted by molar-refractivity contribution is 6.74. The standard InChI is InChI=1S/C24H46O5Si2/c1-12-31(13-2,14-3)29-22(20(5)23(26)27-9)16-15-19(4)21(17-18-25)28-30(10,11)24(6,7)8/h15-16,18,20-22H,4,12-14,17H2,1-3,5-11H3/b16-15+/t20-,21-,22+/m0/s1. The van der Waals surface area contributed by atoms with Gasteiger partial charge in [0.1, 0.15) is 6.29 Å². The quantitative estimate of drug-likeness (QED) is 0.129. The maximum absolute atomic E-state index is 12.3. The molecule has 0 N–H and O–H groups in total. The van der Waals surface area contributed by atoms with Crippen molar-refractivity contribution in [3.8, 4) is 0 Å². The fraction of sp³-hybridized carbons (Fsp3) is 0.750. The van der Waals surface area contributed by atoms with E-state index in [-0.39, 0.29) is 23.5 Å². The van der Waals surface area contributed by atoms with Crippen LogP contribution in [0.4, 0.5) is 0 Å². The first-order chi connectivity index (χ1) is 14.2. The Kier molecular flexibility index (Phi) is 12.4. The van der Waals surface area contributed by atoms with Crippen LogP contribution >= 0.6 is 0 Å². The molecule has 0 saturated carbocycles. The molecule has 0 rings (SSSR count). The van der Waals surface area contributed by atoms with Crippen molar-refractivity contribution in [2.75, 3.05) is 7.11 Å². The van der Waals surface area contributed by atoms with E-state index in [2.05, 4.69) is 61.2 Å². The molecule has 0 amide bonds. The Morgan fingerprint density at radius 3 is 1.97 bits per heavy atom. The molecule has 7 heteroatoms. The van der Waals surface area contributed by atoms with Crippen molar-refractivity contribution in [3.63, 3.8) is 0 Å². The zero-order valence-corrected chi connectivity index (χ0v) is 23.5. The van der Waals surface area contributed by atoms with Gasteiger partial charge in [-0.2, -0.15) is 0 Å². The molecule has 0 fully saturated rings. The van der Waals surface area contributed by atoms with E-state index in [0.717, 1.165) is 30.0 Å². The van der Waals surface area contributed by atoms with Crippen LogP contribution in [0.1, 0.15) is 54.9 Å². The van der Waals surface area contributed by atoms with Crippen LogP contribution in [0.15, 0.2) is 24.3 Å². The Labute approximate surface area is 192 Å². The first kappa shape index (κ1) is 30.0. The van der Waals surface area contributed by atoms with E-state index < -0.39 is 28.7 Å². The molecular weight excluding hydrogens is 424 g/mol. The number of aldehydes is 1. The van der Waals surface area contributed by atoms with E-state index in [1.165, 1.54) is 7.11 Å². The second-order valence-electron chi connectivity index (χ2n) is 9.84. The third-order valence-corrected chi connectivity index (χ3v) is 16.0. The molecule has 0 aromatic heterocycles. The average molecular weight is 471 g/mol. The minimum absolute atomic E-state index is 0.0255. The molecule has 5 nitrogen and oxygen atoms in total. The SMILES string of the molecule is C=C(/C=C/[C@@H](O[Si](CC)(CC)CC)[C@H](C)C(=O)OC)[C@H](CC=O)O[Si](C)(C)C(C)(C)C. The first-order valence-corrected chi connectivity index (χ1v) is 16.9. The maximum atomic E-state index is 12.3. The Hall–Kier alpha value is -1.03. The number of rotatable bonds is 14. The van der Waals surface area contributed by atoms with Gasteiger partial charge >= 0.3 is 5.97 Å². The van der Waals surface area contributed by atoms with E-state index >= 15 is 0 Å². The van der Waals surface area contributed by atoms with Crippen molar-refractivity contribution >= 4 is 28.9 Å². The fourth-order valence-corrected chi connectivity index (χ4v) is 7.31. The summed E-state index contributed by atoms with van der Waals surface area (Å²) in [7, 11) is -2.63. The normalized spacial score (nSPS) is 16.1. The summed E-state index contributed by atoms with van der Waals surface area (Å²) in [6, 6.07) is 2.96. The van der Waals surface area contributed by atoms with Gasteiger partial charge in [-0.1, -0.05) is 60.3 Å². The molecule has 180 valence electrons. The lowest BCUT2D eigenvalue weighted by Gasteiger charge is -2.39. The summed E-state index contributed by atoms with van der Waals surface area (Å²) in [4.78, 5) is 23.6. The van der Waals surface area contributed by atoms with E-state index in [1.807, 2.05) is 19.1 Å². The van der Waals surface area contributed by atoms with Gasteiger partial charge in [0, 0.05) is 6.42 Å². The van der Waals surface area contributed by atoms with Gasteiger partial charge in [-0.3, -0.25) is 4.79 Å². The van der Waals surface area contributed by atoms with Gasteiger partial charge in [0.2, 0.25) is 0 Å². The average Bonchev–Trinajstić information content (AvgIpc) is 2.71. The molecule has 0 heterocycles. The minimum atomic E-state index is -2.08. The lowest BCUT2D eigenvalue weighted by atomic mass is 10.0. The highest BCUT2D eigenvalue weighted by Gasteiger charge is 2.39. The van der Waals surface area contributed by atoms with E-state index in [1.54, 1.807) is 0 Å². The van der Waals surface area contributed by atoms with Crippen molar-refractivity contribution in [2.24, 2.45) is 5.92 Å². The molecule has 0 spiro atoms. The zero-order chi connectivity index (χ0) is 24.5. The summed E-state index contributed by atoms with van der Waals surface area (Å²) in [5.41, 5.74) is 0.722. The van der Waals surface area contributed by atoms with Crippen molar-refractivity contribution < 1.29 is 23.2 Å². The van der Waals surface area contributed by atoms with Crippen LogP contribution in [-0.2, 0) is 23.2 Å². The van der Waals surface area contributed by atoms with Crippen LogP contribution in [0.3, 0.4) is 0 Å². The number of carbonyl (C=O) groups excluding carboxylic acids is 2. The molecule has 3 atom stereocenters. The summed E-state index contributed by atoms with van der Waals surface area (Å²) in [6.07, 6.45) is 4.12. The smallest absolute Gasteiger partial charge is 0.311 e. The minimum Gasteiger partial charge on any atom is -0.469 e. The van der Waals surface area contributed by atoms with Crippen LogP contribution in [0.25, 0.3) is 0 Å². The summed E-state index contributed by atoms with van der Waals surface area (Å²) >= 11 is 0. The highest BCUT2D eigenvalue weighted by atomic mass is 28.4. The van der Waals surface area contributed by atoms with Crippen molar-refractivity contribution in [3.05, 3.63) is 24.3 Å². The van der Waals surface area contributed by atoms with Gasteiger partial charge in [-0.25, -0.2) is 0 Å². The third-order valence-electron chi connectivity index (χ3n) is 6.85. The molecule has 31 heavy (non-hydrogen) atoms. The summed E-state index contributed by atoms with van der Waals surface area (Å²) in [5, 5.41) is 0.0255. The second-order valence-corrected chi connectivity index (χ2v) is 19.3. The van der Waals surface area contributed by atoms with Crippen molar-refractivity contribution in [2.45, 2.75) is 103 Å². The Morgan fingerprint density at radius 1 is 1.06 bits per heavy atom.